The number of ether oxygens (including phenoxy) is 1. The number of aliphatic imine (C=N–C) groups is 1. The Hall–Kier alpha value is -2.30. The number of hydrogen-bond acceptors (Lipinski definition) is 5. The van der Waals surface area contributed by atoms with Gasteiger partial charge >= 0.3 is 6.09 Å². The molecular weight excluding hydrogens is 497 g/mol. The average molecular weight is 527 g/mol. The number of rotatable bonds is 5. The second-order valence-electron chi connectivity index (χ2n) is 6.83. The molecule has 3 rings (SSSR count). The number of piperazine rings is 1. The van der Waals surface area contributed by atoms with E-state index >= 15 is 0 Å². The van der Waals surface area contributed by atoms with Crippen LogP contribution in [0.2, 0.25) is 0 Å². The smallest absolute Gasteiger partial charge is 0.409 e. The Morgan fingerprint density at radius 3 is 2.47 bits per heavy atom. The van der Waals surface area contributed by atoms with Gasteiger partial charge in [-0.05, 0) is 20.8 Å². The van der Waals surface area contributed by atoms with Crippen molar-refractivity contribution in [3.63, 3.8) is 0 Å². The number of nitrogens with one attached hydrogen (secondary N) is 1. The van der Waals surface area contributed by atoms with Crippen LogP contribution in [-0.4, -0.2) is 66.2 Å². The fourth-order valence-corrected chi connectivity index (χ4v) is 3.12. The van der Waals surface area contributed by atoms with Gasteiger partial charge in [0.25, 0.3) is 0 Å². The maximum Gasteiger partial charge on any atom is 0.409 e. The molecule has 1 aromatic carbocycles. The van der Waals surface area contributed by atoms with Crippen LogP contribution >= 0.6 is 24.0 Å². The van der Waals surface area contributed by atoms with Crippen molar-refractivity contribution in [1.82, 2.24) is 20.1 Å². The lowest BCUT2D eigenvalue weighted by Crippen LogP contribution is -2.53. The number of halogens is 1. The van der Waals surface area contributed by atoms with Gasteiger partial charge in [0.1, 0.15) is 6.54 Å². The summed E-state index contributed by atoms with van der Waals surface area (Å²) in [5, 5.41) is 3.31. The standard InChI is InChI=1S/C21H29N5O3.HI/c1-4-22-20(25-10-12-26(13-11-25)21(27)28-5-2)24-15-19-23-14-18(29-19)17-8-6-16(3)7-9-17;/h6-9,14H,4-5,10-13,15H2,1-3H3,(H,22,24);1H. The van der Waals surface area contributed by atoms with E-state index in [1.54, 1.807) is 11.1 Å². The molecule has 164 valence electrons. The summed E-state index contributed by atoms with van der Waals surface area (Å²) in [6, 6.07) is 8.15. The van der Waals surface area contributed by atoms with Crippen molar-refractivity contribution in [2.24, 2.45) is 4.99 Å². The average Bonchev–Trinajstić information content (AvgIpc) is 3.21. The molecule has 1 aliphatic rings. The Morgan fingerprint density at radius 1 is 1.17 bits per heavy atom. The Kier molecular flexibility index (Phi) is 9.41. The van der Waals surface area contributed by atoms with Crippen LogP contribution in [0.3, 0.4) is 0 Å². The predicted octanol–water partition coefficient (Wildman–Crippen LogP) is 3.51. The van der Waals surface area contributed by atoms with Crippen molar-refractivity contribution in [2.75, 3.05) is 39.3 Å². The lowest BCUT2D eigenvalue weighted by molar-refractivity contribution is 0.0914. The van der Waals surface area contributed by atoms with Gasteiger partial charge in [0.2, 0.25) is 5.89 Å². The normalized spacial score (nSPS) is 14.3. The van der Waals surface area contributed by atoms with Gasteiger partial charge < -0.3 is 24.3 Å². The Balaban J connectivity index is 0.00000320. The third-order valence-corrected chi connectivity index (χ3v) is 4.69. The number of carbonyl (C=O) groups is 1. The van der Waals surface area contributed by atoms with E-state index in [1.165, 1.54) is 5.56 Å². The van der Waals surface area contributed by atoms with Crippen molar-refractivity contribution in [3.8, 4) is 11.3 Å². The summed E-state index contributed by atoms with van der Waals surface area (Å²) >= 11 is 0. The second-order valence-corrected chi connectivity index (χ2v) is 6.83. The summed E-state index contributed by atoms with van der Waals surface area (Å²) in [4.78, 5) is 24.8. The molecule has 0 saturated carbocycles. The minimum atomic E-state index is -0.252. The molecule has 0 bridgehead atoms. The largest absolute Gasteiger partial charge is 0.450 e. The fourth-order valence-electron chi connectivity index (χ4n) is 3.12. The molecule has 1 saturated heterocycles. The Bertz CT molecular complexity index is 829. The minimum Gasteiger partial charge on any atom is -0.450 e. The minimum absolute atomic E-state index is 0. The van der Waals surface area contributed by atoms with Gasteiger partial charge in [-0.15, -0.1) is 24.0 Å². The van der Waals surface area contributed by atoms with Gasteiger partial charge in [0, 0.05) is 38.3 Å². The number of hydrogen-bond donors (Lipinski definition) is 1. The molecule has 0 aliphatic carbocycles. The molecule has 0 unspecified atom stereocenters. The summed E-state index contributed by atoms with van der Waals surface area (Å²) in [7, 11) is 0. The van der Waals surface area contributed by atoms with Crippen LogP contribution in [0.25, 0.3) is 11.3 Å². The summed E-state index contributed by atoms with van der Waals surface area (Å²) in [5.74, 6) is 2.11. The summed E-state index contributed by atoms with van der Waals surface area (Å²) in [5.41, 5.74) is 2.21. The van der Waals surface area contributed by atoms with Crippen LogP contribution in [0.4, 0.5) is 4.79 Å². The van der Waals surface area contributed by atoms with E-state index in [0.717, 1.165) is 23.8 Å². The van der Waals surface area contributed by atoms with E-state index in [0.29, 0.717) is 45.2 Å². The van der Waals surface area contributed by atoms with E-state index in [1.807, 2.05) is 26.0 Å². The van der Waals surface area contributed by atoms with Crippen molar-refractivity contribution >= 4 is 36.0 Å². The van der Waals surface area contributed by atoms with E-state index in [2.05, 4.69) is 39.2 Å². The number of oxazole rings is 1. The maximum absolute atomic E-state index is 11.9. The second kappa shape index (κ2) is 11.8. The van der Waals surface area contributed by atoms with Crippen molar-refractivity contribution in [3.05, 3.63) is 41.9 Å². The van der Waals surface area contributed by atoms with Crippen molar-refractivity contribution in [1.29, 1.82) is 0 Å². The lowest BCUT2D eigenvalue weighted by atomic mass is 10.1. The Labute approximate surface area is 194 Å². The van der Waals surface area contributed by atoms with Crippen LogP contribution in [0, 0.1) is 6.92 Å². The van der Waals surface area contributed by atoms with Crippen LogP contribution in [-0.2, 0) is 11.3 Å². The third-order valence-electron chi connectivity index (χ3n) is 4.69. The number of aromatic nitrogens is 1. The predicted molar refractivity (Wildman–Crippen MR) is 127 cm³/mol. The van der Waals surface area contributed by atoms with E-state index < -0.39 is 0 Å². The third kappa shape index (κ3) is 6.35. The molecule has 0 radical (unpaired) electrons. The first-order chi connectivity index (χ1) is 14.1. The first-order valence-electron chi connectivity index (χ1n) is 10.1. The summed E-state index contributed by atoms with van der Waals surface area (Å²) in [6.07, 6.45) is 1.48. The molecule has 2 heterocycles. The van der Waals surface area contributed by atoms with E-state index in [4.69, 9.17) is 9.15 Å². The highest BCUT2D eigenvalue weighted by Crippen LogP contribution is 2.21. The highest BCUT2D eigenvalue weighted by Gasteiger charge is 2.23. The van der Waals surface area contributed by atoms with Gasteiger partial charge in [0.05, 0.1) is 12.8 Å². The van der Waals surface area contributed by atoms with Crippen LogP contribution < -0.4 is 5.32 Å². The first kappa shape index (κ1) is 24.0. The summed E-state index contributed by atoms with van der Waals surface area (Å²) in [6.45, 7) is 10.0. The van der Waals surface area contributed by atoms with Crippen LogP contribution in [0.5, 0.6) is 0 Å². The topological polar surface area (TPSA) is 83.2 Å². The molecule has 1 aromatic heterocycles. The van der Waals surface area contributed by atoms with E-state index in [9.17, 15) is 4.79 Å². The molecular formula is C21H30IN5O3. The van der Waals surface area contributed by atoms with Crippen LogP contribution in [0.15, 0.2) is 39.9 Å². The zero-order valence-corrected chi connectivity index (χ0v) is 20.1. The Morgan fingerprint density at radius 2 is 1.83 bits per heavy atom. The van der Waals surface area contributed by atoms with Gasteiger partial charge in [-0.25, -0.2) is 14.8 Å². The maximum atomic E-state index is 11.9. The zero-order chi connectivity index (χ0) is 20.6. The number of carbonyl (C=O) groups excluding carboxylic acids is 1. The summed E-state index contributed by atoms with van der Waals surface area (Å²) < 4.78 is 10.9. The number of aryl methyl sites for hydroxylation is 1. The highest BCUT2D eigenvalue weighted by atomic mass is 127. The quantitative estimate of drug-likeness (QED) is 0.364. The monoisotopic (exact) mass is 527 g/mol. The molecule has 1 amide bonds. The molecule has 30 heavy (non-hydrogen) atoms. The van der Waals surface area contributed by atoms with Gasteiger partial charge in [0.15, 0.2) is 11.7 Å². The van der Waals surface area contributed by atoms with Crippen molar-refractivity contribution in [2.45, 2.75) is 27.3 Å². The molecule has 0 atom stereocenters. The van der Waals surface area contributed by atoms with Crippen LogP contribution in [0.1, 0.15) is 25.3 Å². The number of amides is 1. The van der Waals surface area contributed by atoms with Gasteiger partial charge in [-0.3, -0.25) is 0 Å². The molecule has 1 N–H and O–H groups in total. The molecule has 1 aliphatic heterocycles. The molecule has 1 fully saturated rings. The SMILES string of the molecule is CCNC(=NCc1ncc(-c2ccc(C)cc2)o1)N1CCN(C(=O)OCC)CC1.I. The lowest BCUT2D eigenvalue weighted by Gasteiger charge is -2.35. The van der Waals surface area contributed by atoms with Gasteiger partial charge in [-0.2, -0.15) is 0 Å². The number of benzene rings is 1. The fraction of sp³-hybridized carbons (Fsp3) is 0.476. The number of guanidine groups is 1. The van der Waals surface area contributed by atoms with E-state index in [-0.39, 0.29) is 30.1 Å². The first-order valence-corrected chi connectivity index (χ1v) is 10.1. The zero-order valence-electron chi connectivity index (χ0n) is 17.8. The highest BCUT2D eigenvalue weighted by molar-refractivity contribution is 14.0. The molecule has 0 spiro atoms. The molecule has 8 nitrogen and oxygen atoms in total. The molecule has 9 heteroatoms. The van der Waals surface area contributed by atoms with Crippen molar-refractivity contribution < 1.29 is 13.9 Å². The number of nitrogens with zero attached hydrogens (tertiary/aromatic N) is 4. The van der Waals surface area contributed by atoms with Gasteiger partial charge in [-0.1, -0.05) is 29.8 Å². The molecule has 2 aromatic rings.